The van der Waals surface area contributed by atoms with Crippen LogP contribution in [0.2, 0.25) is 0 Å². The van der Waals surface area contributed by atoms with E-state index in [0.717, 1.165) is 19.1 Å². The van der Waals surface area contributed by atoms with Crippen LogP contribution >= 0.6 is 0 Å². The molecule has 1 aromatic rings. The zero-order chi connectivity index (χ0) is 9.26. The largest absolute Gasteiger partial charge is 0.296 e. The zero-order valence-corrected chi connectivity index (χ0v) is 7.19. The molecule has 0 amide bonds. The molecule has 1 aliphatic rings. The summed E-state index contributed by atoms with van der Waals surface area (Å²) in [6.07, 6.45) is 3.65. The van der Waals surface area contributed by atoms with Gasteiger partial charge in [0, 0.05) is 6.20 Å². The van der Waals surface area contributed by atoms with Crippen LogP contribution in [0.1, 0.15) is 35.8 Å². The van der Waals surface area contributed by atoms with E-state index in [9.17, 15) is 9.18 Å². The van der Waals surface area contributed by atoms with E-state index in [2.05, 4.69) is 5.10 Å². The van der Waals surface area contributed by atoms with E-state index in [4.69, 9.17) is 0 Å². The maximum Gasteiger partial charge on any atom is 0.168 e. The quantitative estimate of drug-likeness (QED) is 0.653. The fraction of sp³-hybridized carbons (Fsp3) is 0.556. The Labute approximate surface area is 75.5 Å². The van der Waals surface area contributed by atoms with Crippen molar-refractivity contribution in [3.05, 3.63) is 18.0 Å². The average molecular weight is 182 g/mol. The molecule has 0 aliphatic heterocycles. The molecule has 0 bridgehead atoms. The minimum absolute atomic E-state index is 0.227. The average Bonchev–Trinajstić information content (AvgIpc) is 2.71. The van der Waals surface area contributed by atoms with Crippen LogP contribution in [0.3, 0.4) is 0 Å². The van der Waals surface area contributed by atoms with Gasteiger partial charge in [-0.25, -0.2) is 4.39 Å². The summed E-state index contributed by atoms with van der Waals surface area (Å²) in [5, 5.41) is 3.96. The van der Waals surface area contributed by atoms with Crippen molar-refractivity contribution in [2.45, 2.75) is 31.5 Å². The van der Waals surface area contributed by atoms with Crippen molar-refractivity contribution in [1.82, 2.24) is 9.78 Å². The third-order valence-electron chi connectivity index (χ3n) is 2.53. The molecule has 1 aromatic heterocycles. The van der Waals surface area contributed by atoms with E-state index in [1.165, 1.54) is 10.9 Å². The van der Waals surface area contributed by atoms with Gasteiger partial charge in [0.05, 0.1) is 6.04 Å². The Morgan fingerprint density at radius 2 is 2.46 bits per heavy atom. The second kappa shape index (κ2) is 3.28. The molecule has 0 radical (unpaired) electrons. The summed E-state index contributed by atoms with van der Waals surface area (Å²) in [6, 6.07) is 1.38. The first-order valence-corrected chi connectivity index (χ1v) is 4.45. The molecule has 0 N–H and O–H groups in total. The number of rotatable bonds is 2. The van der Waals surface area contributed by atoms with E-state index >= 15 is 0 Å². The predicted octanol–water partition coefficient (Wildman–Crippen LogP) is 1.76. The van der Waals surface area contributed by atoms with Gasteiger partial charge in [0.15, 0.2) is 6.29 Å². The number of hydrogen-bond acceptors (Lipinski definition) is 2. The van der Waals surface area contributed by atoms with Gasteiger partial charge in [-0.1, -0.05) is 0 Å². The van der Waals surface area contributed by atoms with E-state index in [1.54, 1.807) is 6.07 Å². The summed E-state index contributed by atoms with van der Waals surface area (Å²) < 4.78 is 14.8. The predicted molar refractivity (Wildman–Crippen MR) is 45.4 cm³/mol. The van der Waals surface area contributed by atoms with E-state index in [-0.39, 0.29) is 6.04 Å². The van der Waals surface area contributed by atoms with Gasteiger partial charge in [-0.05, 0) is 25.3 Å². The SMILES string of the molecule is O=Cc1ccnn1C1CCCC1F. The fourth-order valence-electron chi connectivity index (χ4n) is 1.87. The molecule has 2 rings (SSSR count). The smallest absolute Gasteiger partial charge is 0.168 e. The van der Waals surface area contributed by atoms with Crippen LogP contribution in [-0.4, -0.2) is 22.2 Å². The Hall–Kier alpha value is -1.19. The van der Waals surface area contributed by atoms with E-state index in [1.807, 2.05) is 0 Å². The Balaban J connectivity index is 2.28. The fourth-order valence-corrected chi connectivity index (χ4v) is 1.87. The number of nitrogens with zero attached hydrogens (tertiary/aromatic N) is 2. The van der Waals surface area contributed by atoms with Crippen LogP contribution in [0.5, 0.6) is 0 Å². The molecular formula is C9H11FN2O. The van der Waals surface area contributed by atoms with Gasteiger partial charge in [-0.3, -0.25) is 9.48 Å². The van der Waals surface area contributed by atoms with Crippen LogP contribution in [-0.2, 0) is 0 Å². The van der Waals surface area contributed by atoms with Crippen LogP contribution in [0.4, 0.5) is 4.39 Å². The lowest BCUT2D eigenvalue weighted by Gasteiger charge is -2.14. The highest BCUT2D eigenvalue weighted by Gasteiger charge is 2.30. The summed E-state index contributed by atoms with van der Waals surface area (Å²) in [7, 11) is 0. The number of carbonyl (C=O) groups excluding carboxylic acids is 1. The standard InChI is InChI=1S/C9H11FN2O/c10-8-2-1-3-9(8)12-7(6-13)4-5-11-12/h4-6,8-9H,1-3H2. The van der Waals surface area contributed by atoms with Crippen LogP contribution < -0.4 is 0 Å². The van der Waals surface area contributed by atoms with E-state index in [0.29, 0.717) is 12.1 Å². The molecular weight excluding hydrogens is 171 g/mol. The zero-order valence-electron chi connectivity index (χ0n) is 7.19. The monoisotopic (exact) mass is 182 g/mol. The van der Waals surface area contributed by atoms with Crippen molar-refractivity contribution in [3.63, 3.8) is 0 Å². The molecule has 13 heavy (non-hydrogen) atoms. The maximum atomic E-state index is 13.3. The van der Waals surface area contributed by atoms with Gasteiger partial charge in [-0.2, -0.15) is 5.10 Å². The molecule has 1 fully saturated rings. The van der Waals surface area contributed by atoms with Crippen molar-refractivity contribution in [3.8, 4) is 0 Å². The Morgan fingerprint density at radius 1 is 1.62 bits per heavy atom. The number of halogens is 1. The molecule has 0 saturated heterocycles. The summed E-state index contributed by atoms with van der Waals surface area (Å²) in [5.74, 6) is 0. The number of hydrogen-bond donors (Lipinski definition) is 0. The highest BCUT2D eigenvalue weighted by atomic mass is 19.1. The highest BCUT2D eigenvalue weighted by molar-refractivity contribution is 5.71. The van der Waals surface area contributed by atoms with E-state index < -0.39 is 6.17 Å². The molecule has 2 unspecified atom stereocenters. The first-order valence-electron chi connectivity index (χ1n) is 4.45. The summed E-state index contributed by atoms with van der Waals surface area (Å²) >= 11 is 0. The van der Waals surface area contributed by atoms with Gasteiger partial charge >= 0.3 is 0 Å². The lowest BCUT2D eigenvalue weighted by molar-refractivity contribution is 0.110. The van der Waals surface area contributed by atoms with Gasteiger partial charge in [0.1, 0.15) is 11.9 Å². The molecule has 0 spiro atoms. The molecule has 70 valence electrons. The third kappa shape index (κ3) is 1.36. The molecule has 3 nitrogen and oxygen atoms in total. The van der Waals surface area contributed by atoms with Crippen LogP contribution in [0, 0.1) is 0 Å². The maximum absolute atomic E-state index is 13.3. The van der Waals surface area contributed by atoms with Gasteiger partial charge in [0.2, 0.25) is 0 Å². The Bertz CT molecular complexity index is 310. The molecule has 0 aromatic carbocycles. The summed E-state index contributed by atoms with van der Waals surface area (Å²) in [6.45, 7) is 0. The Morgan fingerprint density at radius 3 is 3.08 bits per heavy atom. The van der Waals surface area contributed by atoms with Crippen LogP contribution in [0.25, 0.3) is 0 Å². The summed E-state index contributed by atoms with van der Waals surface area (Å²) in [5.41, 5.74) is 0.467. The third-order valence-corrected chi connectivity index (χ3v) is 2.53. The summed E-state index contributed by atoms with van der Waals surface area (Å²) in [4.78, 5) is 10.6. The first-order chi connectivity index (χ1) is 6.33. The molecule has 1 heterocycles. The molecule has 2 atom stereocenters. The van der Waals surface area contributed by atoms with Crippen molar-refractivity contribution in [2.75, 3.05) is 0 Å². The van der Waals surface area contributed by atoms with Gasteiger partial charge in [-0.15, -0.1) is 0 Å². The van der Waals surface area contributed by atoms with Gasteiger partial charge < -0.3 is 0 Å². The second-order valence-corrected chi connectivity index (χ2v) is 3.33. The number of carbonyl (C=O) groups is 1. The normalized spacial score (nSPS) is 27.8. The van der Waals surface area contributed by atoms with Crippen molar-refractivity contribution >= 4 is 6.29 Å². The molecule has 4 heteroatoms. The van der Waals surface area contributed by atoms with Crippen molar-refractivity contribution < 1.29 is 9.18 Å². The van der Waals surface area contributed by atoms with Crippen molar-refractivity contribution in [1.29, 1.82) is 0 Å². The number of alkyl halides is 1. The minimum atomic E-state index is -0.849. The lowest BCUT2D eigenvalue weighted by Crippen LogP contribution is -2.18. The second-order valence-electron chi connectivity index (χ2n) is 3.33. The van der Waals surface area contributed by atoms with Crippen molar-refractivity contribution in [2.24, 2.45) is 0 Å². The number of aldehydes is 1. The first kappa shape index (κ1) is 8.41. The minimum Gasteiger partial charge on any atom is -0.296 e. The van der Waals surface area contributed by atoms with Crippen LogP contribution in [0.15, 0.2) is 12.3 Å². The Kier molecular flexibility index (Phi) is 2.12. The lowest BCUT2D eigenvalue weighted by atomic mass is 10.2. The van der Waals surface area contributed by atoms with Gasteiger partial charge in [0.25, 0.3) is 0 Å². The topological polar surface area (TPSA) is 34.9 Å². The number of aromatic nitrogens is 2. The highest BCUT2D eigenvalue weighted by Crippen LogP contribution is 2.32. The molecule has 1 aliphatic carbocycles. The molecule has 1 saturated carbocycles.